The molecule has 1 aromatic carbocycles. The summed E-state index contributed by atoms with van der Waals surface area (Å²) in [5.41, 5.74) is 2.70. The number of carbonyl (C=O) groups excluding carboxylic acids is 1. The molecule has 3 nitrogen and oxygen atoms in total. The van der Waals surface area contributed by atoms with Crippen molar-refractivity contribution in [3.63, 3.8) is 0 Å². The predicted molar refractivity (Wildman–Crippen MR) is 84.5 cm³/mol. The van der Waals surface area contributed by atoms with Crippen LogP contribution >= 0.6 is 0 Å². The number of rotatable bonds is 2. The first-order chi connectivity index (χ1) is 10.6. The van der Waals surface area contributed by atoms with Crippen LogP contribution in [0.3, 0.4) is 0 Å². The van der Waals surface area contributed by atoms with Gasteiger partial charge in [-0.25, -0.2) is 4.39 Å². The molecule has 1 aliphatic rings. The summed E-state index contributed by atoms with van der Waals surface area (Å²) in [6, 6.07) is 10.9. The zero-order valence-corrected chi connectivity index (χ0v) is 13.1. The molecule has 0 aliphatic carbocycles. The van der Waals surface area contributed by atoms with Crippen molar-refractivity contribution >= 4 is 5.91 Å². The fourth-order valence-electron chi connectivity index (χ4n) is 3.39. The molecule has 2 aromatic rings. The molecule has 116 valence electrons. The smallest absolute Gasteiger partial charge is 0.256 e. The summed E-state index contributed by atoms with van der Waals surface area (Å²) < 4.78 is 16.1. The van der Waals surface area contributed by atoms with Crippen LogP contribution in [-0.4, -0.2) is 28.5 Å². The fourth-order valence-corrected chi connectivity index (χ4v) is 3.39. The minimum Gasteiger partial charge on any atom is -0.346 e. The monoisotopic (exact) mass is 300 g/mol. The second kappa shape index (κ2) is 5.95. The molecule has 0 N–H and O–H groups in total. The van der Waals surface area contributed by atoms with Crippen LogP contribution in [0.15, 0.2) is 36.4 Å². The van der Waals surface area contributed by atoms with Gasteiger partial charge >= 0.3 is 0 Å². The van der Waals surface area contributed by atoms with Gasteiger partial charge in [-0.1, -0.05) is 12.1 Å². The van der Waals surface area contributed by atoms with Crippen molar-refractivity contribution in [2.24, 2.45) is 0 Å². The molecule has 0 spiro atoms. The Morgan fingerprint density at radius 1 is 1.05 bits per heavy atom. The normalized spacial score (nSPS) is 16.0. The molecule has 0 atom stereocenters. The van der Waals surface area contributed by atoms with Crippen LogP contribution in [0.25, 0.3) is 0 Å². The van der Waals surface area contributed by atoms with Crippen LogP contribution < -0.4 is 0 Å². The lowest BCUT2D eigenvalue weighted by Gasteiger charge is -2.34. The van der Waals surface area contributed by atoms with Crippen LogP contribution in [0.1, 0.15) is 40.6 Å². The Morgan fingerprint density at radius 3 is 2.23 bits per heavy atom. The first-order valence-electron chi connectivity index (χ1n) is 7.76. The lowest BCUT2D eigenvalue weighted by molar-refractivity contribution is 0.0689. The predicted octanol–water partition coefficient (Wildman–Crippen LogP) is 3.72. The number of likely N-dealkylation sites (tertiary alicyclic amines) is 1. The molecule has 1 fully saturated rings. The zero-order chi connectivity index (χ0) is 15.7. The number of piperidine rings is 1. The SMILES string of the molecule is Cc1ccc(C)n1C1CCN(C(=O)c2ccccc2F)CC1. The maximum Gasteiger partial charge on any atom is 0.256 e. The Kier molecular flexibility index (Phi) is 4.01. The first kappa shape index (κ1) is 14.8. The number of hydrogen-bond acceptors (Lipinski definition) is 1. The van der Waals surface area contributed by atoms with Gasteiger partial charge in [0.05, 0.1) is 5.56 Å². The third-order valence-corrected chi connectivity index (χ3v) is 4.55. The van der Waals surface area contributed by atoms with Crippen molar-refractivity contribution in [3.8, 4) is 0 Å². The highest BCUT2D eigenvalue weighted by Gasteiger charge is 2.26. The van der Waals surface area contributed by atoms with Gasteiger partial charge in [0.25, 0.3) is 5.91 Å². The van der Waals surface area contributed by atoms with Crippen molar-refractivity contribution in [1.29, 1.82) is 0 Å². The summed E-state index contributed by atoms with van der Waals surface area (Å²) in [6.45, 7) is 5.58. The minimum atomic E-state index is -0.438. The minimum absolute atomic E-state index is 0.175. The Morgan fingerprint density at radius 2 is 1.64 bits per heavy atom. The average molecular weight is 300 g/mol. The van der Waals surface area contributed by atoms with Gasteiger partial charge in [0, 0.05) is 30.5 Å². The molecular formula is C18H21FN2O. The van der Waals surface area contributed by atoms with E-state index < -0.39 is 5.82 Å². The van der Waals surface area contributed by atoms with Crippen molar-refractivity contribution in [3.05, 3.63) is 59.2 Å². The van der Waals surface area contributed by atoms with E-state index in [-0.39, 0.29) is 11.5 Å². The lowest BCUT2D eigenvalue weighted by atomic mass is 10.0. The van der Waals surface area contributed by atoms with E-state index in [0.29, 0.717) is 19.1 Å². The van der Waals surface area contributed by atoms with Crippen molar-refractivity contribution in [2.45, 2.75) is 32.7 Å². The number of carbonyl (C=O) groups is 1. The molecule has 22 heavy (non-hydrogen) atoms. The Labute approximate surface area is 130 Å². The third-order valence-electron chi connectivity index (χ3n) is 4.55. The zero-order valence-electron chi connectivity index (χ0n) is 13.1. The second-order valence-corrected chi connectivity index (χ2v) is 5.99. The maximum atomic E-state index is 13.7. The molecule has 4 heteroatoms. The topological polar surface area (TPSA) is 25.2 Å². The van der Waals surface area contributed by atoms with Crippen LogP contribution in [0.5, 0.6) is 0 Å². The highest BCUT2D eigenvalue weighted by molar-refractivity contribution is 5.94. The Balaban J connectivity index is 1.70. The van der Waals surface area contributed by atoms with Crippen molar-refractivity contribution in [2.75, 3.05) is 13.1 Å². The molecule has 1 amide bonds. The highest BCUT2D eigenvalue weighted by Crippen LogP contribution is 2.27. The quantitative estimate of drug-likeness (QED) is 0.830. The summed E-state index contributed by atoms with van der Waals surface area (Å²) >= 11 is 0. The highest BCUT2D eigenvalue weighted by atomic mass is 19.1. The summed E-state index contributed by atoms with van der Waals surface area (Å²) in [6.07, 6.45) is 1.83. The summed E-state index contributed by atoms with van der Waals surface area (Å²) in [7, 11) is 0. The van der Waals surface area contributed by atoms with E-state index in [1.807, 2.05) is 0 Å². The van der Waals surface area contributed by atoms with Crippen LogP contribution in [0.2, 0.25) is 0 Å². The number of halogens is 1. The molecular weight excluding hydrogens is 279 g/mol. The van der Waals surface area contributed by atoms with Gasteiger partial charge in [-0.2, -0.15) is 0 Å². The summed E-state index contributed by atoms with van der Waals surface area (Å²) in [5, 5.41) is 0. The van der Waals surface area contributed by atoms with Crippen LogP contribution in [0, 0.1) is 19.7 Å². The molecule has 0 unspecified atom stereocenters. The molecule has 2 heterocycles. The molecule has 1 saturated heterocycles. The maximum absolute atomic E-state index is 13.7. The van der Waals surface area contributed by atoms with E-state index in [4.69, 9.17) is 0 Å². The van der Waals surface area contributed by atoms with E-state index in [1.165, 1.54) is 17.5 Å². The van der Waals surface area contributed by atoms with E-state index in [2.05, 4.69) is 30.5 Å². The Hall–Kier alpha value is -2.10. The molecule has 0 saturated carbocycles. The van der Waals surface area contributed by atoms with Crippen molar-refractivity contribution in [1.82, 2.24) is 9.47 Å². The third kappa shape index (κ3) is 2.65. The molecule has 0 radical (unpaired) electrons. The second-order valence-electron chi connectivity index (χ2n) is 5.99. The first-order valence-corrected chi connectivity index (χ1v) is 7.76. The number of hydrogen-bond donors (Lipinski definition) is 0. The standard InChI is InChI=1S/C18H21FN2O/c1-13-7-8-14(2)21(13)15-9-11-20(12-10-15)18(22)16-5-3-4-6-17(16)19/h3-8,15H,9-12H2,1-2H3. The van der Waals surface area contributed by atoms with Gasteiger partial charge in [-0.3, -0.25) is 4.79 Å². The molecule has 0 bridgehead atoms. The fraction of sp³-hybridized carbons (Fsp3) is 0.389. The molecule has 1 aliphatic heterocycles. The number of nitrogens with zero attached hydrogens (tertiary/aromatic N) is 2. The van der Waals surface area contributed by atoms with Crippen LogP contribution in [0.4, 0.5) is 4.39 Å². The van der Waals surface area contributed by atoms with E-state index >= 15 is 0 Å². The van der Waals surface area contributed by atoms with Gasteiger partial charge < -0.3 is 9.47 Å². The van der Waals surface area contributed by atoms with Gasteiger partial charge in [-0.05, 0) is 51.0 Å². The van der Waals surface area contributed by atoms with Gasteiger partial charge in [0.1, 0.15) is 5.82 Å². The van der Waals surface area contributed by atoms with Gasteiger partial charge in [-0.15, -0.1) is 0 Å². The summed E-state index contributed by atoms with van der Waals surface area (Å²) in [5.74, 6) is -0.635. The van der Waals surface area contributed by atoms with E-state index in [0.717, 1.165) is 12.8 Å². The van der Waals surface area contributed by atoms with E-state index in [9.17, 15) is 9.18 Å². The van der Waals surface area contributed by atoms with E-state index in [1.54, 1.807) is 23.1 Å². The number of benzene rings is 1. The number of aromatic nitrogens is 1. The van der Waals surface area contributed by atoms with Crippen molar-refractivity contribution < 1.29 is 9.18 Å². The molecule has 1 aromatic heterocycles. The lowest BCUT2D eigenvalue weighted by Crippen LogP contribution is -2.39. The Bertz CT molecular complexity index is 665. The number of amides is 1. The van der Waals surface area contributed by atoms with Crippen LogP contribution in [-0.2, 0) is 0 Å². The summed E-state index contributed by atoms with van der Waals surface area (Å²) in [4.78, 5) is 14.2. The van der Waals surface area contributed by atoms with Gasteiger partial charge in [0.2, 0.25) is 0 Å². The number of aryl methyl sites for hydroxylation is 2. The largest absolute Gasteiger partial charge is 0.346 e. The molecule has 3 rings (SSSR count). The van der Waals surface area contributed by atoms with Gasteiger partial charge in [0.15, 0.2) is 0 Å². The average Bonchev–Trinajstić information content (AvgIpc) is 2.86.